The van der Waals surface area contributed by atoms with E-state index in [1.54, 1.807) is 17.4 Å². The lowest BCUT2D eigenvalue weighted by Crippen LogP contribution is -2.87. The van der Waals surface area contributed by atoms with Gasteiger partial charge in [0.25, 0.3) is 5.91 Å². The van der Waals surface area contributed by atoms with E-state index in [0.717, 1.165) is 11.1 Å². The second-order valence-electron chi connectivity index (χ2n) is 5.52. The van der Waals surface area contributed by atoms with Crippen molar-refractivity contribution in [1.29, 1.82) is 0 Å². The molecule has 2 aromatic carbocycles. The average Bonchev–Trinajstić information content (AvgIpc) is 2.62. The second-order valence-corrected chi connectivity index (χ2v) is 5.52. The Kier molecular flexibility index (Phi) is 7.04. The van der Waals surface area contributed by atoms with Gasteiger partial charge in [-0.05, 0) is 24.3 Å². The lowest BCUT2D eigenvalue weighted by Gasteiger charge is -2.17. The Morgan fingerprint density at radius 1 is 1.04 bits per heavy atom. The summed E-state index contributed by atoms with van der Waals surface area (Å²) in [7, 11) is 0. The van der Waals surface area contributed by atoms with Crippen molar-refractivity contribution in [3.8, 4) is 5.75 Å². The lowest BCUT2D eigenvalue weighted by molar-refractivity contribution is -0.676. The number of nitrogens with one attached hydrogen (secondary N) is 1. The minimum absolute atomic E-state index is 0.0646. The predicted molar refractivity (Wildman–Crippen MR) is 90.4 cm³/mol. The summed E-state index contributed by atoms with van der Waals surface area (Å²) in [6.45, 7) is -3.03. The number of hydrogen-bond acceptors (Lipinski definition) is 3. The zero-order valence-corrected chi connectivity index (χ0v) is 13.9. The van der Waals surface area contributed by atoms with Crippen LogP contribution < -0.4 is 21.1 Å². The van der Waals surface area contributed by atoms with Crippen molar-refractivity contribution in [3.63, 3.8) is 0 Å². The van der Waals surface area contributed by atoms with Crippen molar-refractivity contribution in [2.75, 3.05) is 13.1 Å². The van der Waals surface area contributed by atoms with E-state index in [-0.39, 0.29) is 30.8 Å². The van der Waals surface area contributed by atoms with E-state index < -0.39 is 12.5 Å². The summed E-state index contributed by atoms with van der Waals surface area (Å²) >= 11 is 0. The van der Waals surface area contributed by atoms with Crippen LogP contribution in [0.3, 0.4) is 0 Å². The average molecular weight is 364 g/mol. The number of quaternary nitrogens is 1. The molecule has 0 aromatic heterocycles. The Morgan fingerprint density at radius 2 is 1.65 bits per heavy atom. The second kappa shape index (κ2) is 9.47. The number of primary amides is 1. The fourth-order valence-corrected chi connectivity index (χ4v) is 2.46. The Morgan fingerprint density at radius 3 is 2.23 bits per heavy atom. The van der Waals surface area contributed by atoms with E-state index >= 15 is 0 Å². The number of alkyl halides is 2. The highest BCUT2D eigenvalue weighted by Crippen LogP contribution is 2.22. The molecule has 0 aliphatic rings. The van der Waals surface area contributed by atoms with Gasteiger partial charge < -0.3 is 21.1 Å². The first kappa shape index (κ1) is 19.3. The van der Waals surface area contributed by atoms with Crippen LogP contribution >= 0.6 is 0 Å². The fourth-order valence-electron chi connectivity index (χ4n) is 2.46. The number of carbonyl (C=O) groups is 2. The number of rotatable bonds is 9. The van der Waals surface area contributed by atoms with Crippen molar-refractivity contribution in [2.24, 2.45) is 5.73 Å². The zero-order valence-electron chi connectivity index (χ0n) is 13.9. The Bertz CT molecular complexity index is 724. The summed E-state index contributed by atoms with van der Waals surface area (Å²) in [6, 6.07) is 15.5. The molecule has 0 saturated carbocycles. The molecule has 8 heteroatoms. The smallest absolute Gasteiger partial charge is 0.387 e. The summed E-state index contributed by atoms with van der Waals surface area (Å²) in [6.07, 6.45) is 0. The van der Waals surface area contributed by atoms with Crippen molar-refractivity contribution in [1.82, 2.24) is 5.32 Å². The molecule has 0 aliphatic heterocycles. The van der Waals surface area contributed by atoms with E-state index in [4.69, 9.17) is 5.73 Å². The van der Waals surface area contributed by atoms with Crippen LogP contribution in [-0.4, -0.2) is 31.5 Å². The standard InChI is InChI=1S/C18H19F2N3O3/c19-18(20)26-14-8-6-13(7-9-14)17(12-4-2-1-3-5-12)23-11-16(25)22-10-15(21)24/h1-9,17-18,23H,10-11H2,(H2,21,24)(H,22,25)/p+1/t17-/m0/s1. The van der Waals surface area contributed by atoms with E-state index in [0.29, 0.717) is 0 Å². The third kappa shape index (κ3) is 6.14. The first-order chi connectivity index (χ1) is 12.5. The van der Waals surface area contributed by atoms with Gasteiger partial charge in [-0.2, -0.15) is 8.78 Å². The molecule has 0 saturated heterocycles. The van der Waals surface area contributed by atoms with E-state index in [1.165, 1.54) is 12.1 Å². The molecule has 6 nitrogen and oxygen atoms in total. The molecule has 0 bridgehead atoms. The molecule has 0 heterocycles. The molecule has 2 rings (SSSR count). The SMILES string of the molecule is NC(=O)CNC(=O)C[NH2+][C@@H](c1ccccc1)c1ccc(OC(F)F)cc1. The molecule has 0 spiro atoms. The van der Waals surface area contributed by atoms with Crippen LogP contribution in [0.5, 0.6) is 5.75 Å². The Hall–Kier alpha value is -3.00. The maximum absolute atomic E-state index is 12.3. The van der Waals surface area contributed by atoms with Crippen molar-refractivity contribution in [2.45, 2.75) is 12.7 Å². The molecule has 26 heavy (non-hydrogen) atoms. The van der Waals surface area contributed by atoms with Gasteiger partial charge in [-0.3, -0.25) is 9.59 Å². The maximum atomic E-state index is 12.3. The molecule has 138 valence electrons. The van der Waals surface area contributed by atoms with Gasteiger partial charge in [0.15, 0.2) is 6.54 Å². The molecule has 0 aliphatic carbocycles. The van der Waals surface area contributed by atoms with Crippen LogP contribution in [0, 0.1) is 0 Å². The quantitative estimate of drug-likeness (QED) is 0.606. The summed E-state index contributed by atoms with van der Waals surface area (Å²) in [4.78, 5) is 22.6. The molecule has 1 atom stereocenters. The van der Waals surface area contributed by atoms with Crippen molar-refractivity contribution in [3.05, 3.63) is 65.7 Å². The topological polar surface area (TPSA) is 98.0 Å². The van der Waals surface area contributed by atoms with Gasteiger partial charge in [0.1, 0.15) is 11.8 Å². The summed E-state index contributed by atoms with van der Waals surface area (Å²) in [5.41, 5.74) is 6.76. The van der Waals surface area contributed by atoms with Crippen LogP contribution in [0.4, 0.5) is 8.78 Å². The Balaban J connectivity index is 2.11. The van der Waals surface area contributed by atoms with Gasteiger partial charge in [-0.25, -0.2) is 0 Å². The minimum atomic E-state index is -2.88. The number of carbonyl (C=O) groups excluding carboxylic acids is 2. The number of ether oxygens (including phenoxy) is 1. The fraction of sp³-hybridized carbons (Fsp3) is 0.222. The molecule has 5 N–H and O–H groups in total. The van der Waals surface area contributed by atoms with Crippen LogP contribution in [0.1, 0.15) is 17.2 Å². The van der Waals surface area contributed by atoms with Gasteiger partial charge in [0, 0.05) is 11.1 Å². The van der Waals surface area contributed by atoms with Gasteiger partial charge in [-0.15, -0.1) is 0 Å². The molecule has 2 aromatic rings. The maximum Gasteiger partial charge on any atom is 0.387 e. The van der Waals surface area contributed by atoms with Gasteiger partial charge in [0.2, 0.25) is 5.91 Å². The highest BCUT2D eigenvalue weighted by atomic mass is 19.3. The van der Waals surface area contributed by atoms with Gasteiger partial charge in [0.05, 0.1) is 6.54 Å². The number of halogens is 2. The Labute approximate surface area is 149 Å². The first-order valence-electron chi connectivity index (χ1n) is 7.93. The predicted octanol–water partition coefficient (Wildman–Crippen LogP) is 0.542. The minimum Gasteiger partial charge on any atom is -0.435 e. The van der Waals surface area contributed by atoms with E-state index in [2.05, 4.69) is 10.1 Å². The summed E-state index contributed by atoms with van der Waals surface area (Å²) < 4.78 is 28.9. The van der Waals surface area contributed by atoms with Crippen LogP contribution in [0.25, 0.3) is 0 Å². The monoisotopic (exact) mass is 364 g/mol. The van der Waals surface area contributed by atoms with Gasteiger partial charge in [-0.1, -0.05) is 30.3 Å². The molecular formula is C18H20F2N3O3+. The molecular weight excluding hydrogens is 344 g/mol. The molecule has 0 unspecified atom stereocenters. The number of amides is 2. The van der Waals surface area contributed by atoms with E-state index in [9.17, 15) is 18.4 Å². The van der Waals surface area contributed by atoms with Gasteiger partial charge >= 0.3 is 6.61 Å². The largest absolute Gasteiger partial charge is 0.435 e. The molecule has 0 fully saturated rings. The van der Waals surface area contributed by atoms with Crippen molar-refractivity contribution >= 4 is 11.8 Å². The molecule has 0 radical (unpaired) electrons. The third-order valence-electron chi connectivity index (χ3n) is 3.62. The first-order valence-corrected chi connectivity index (χ1v) is 7.93. The summed E-state index contributed by atoms with van der Waals surface area (Å²) in [5, 5.41) is 4.21. The third-order valence-corrected chi connectivity index (χ3v) is 3.62. The lowest BCUT2D eigenvalue weighted by atomic mass is 9.98. The van der Waals surface area contributed by atoms with E-state index in [1.807, 2.05) is 30.3 Å². The van der Waals surface area contributed by atoms with Crippen molar-refractivity contribution < 1.29 is 28.4 Å². The number of hydrogen-bond donors (Lipinski definition) is 3. The van der Waals surface area contributed by atoms with Crippen LogP contribution in [0.15, 0.2) is 54.6 Å². The summed E-state index contributed by atoms with van der Waals surface area (Å²) in [5.74, 6) is -0.885. The number of benzene rings is 2. The highest BCUT2D eigenvalue weighted by molar-refractivity contribution is 5.84. The van der Waals surface area contributed by atoms with Crippen LogP contribution in [-0.2, 0) is 9.59 Å². The highest BCUT2D eigenvalue weighted by Gasteiger charge is 2.19. The number of nitrogens with two attached hydrogens (primary N) is 2. The zero-order chi connectivity index (χ0) is 18.9. The molecule has 2 amide bonds. The normalized spacial score (nSPS) is 11.8. The van der Waals surface area contributed by atoms with Crippen LogP contribution in [0.2, 0.25) is 0 Å².